The van der Waals surface area contributed by atoms with E-state index < -0.39 is 0 Å². The van der Waals surface area contributed by atoms with Gasteiger partial charge < -0.3 is 24.6 Å². The topological polar surface area (TPSA) is 54.0 Å². The summed E-state index contributed by atoms with van der Waals surface area (Å²) in [5.41, 5.74) is 1.10. The van der Waals surface area contributed by atoms with Gasteiger partial charge in [-0.1, -0.05) is 12.1 Å². The van der Waals surface area contributed by atoms with Crippen LogP contribution in [0.25, 0.3) is 0 Å². The molecule has 2 rings (SSSR count). The van der Waals surface area contributed by atoms with E-state index in [1.165, 1.54) is 0 Å². The Labute approximate surface area is 144 Å². The summed E-state index contributed by atoms with van der Waals surface area (Å²) in [7, 11) is 1.67. The van der Waals surface area contributed by atoms with Gasteiger partial charge in [0.2, 0.25) is 0 Å². The number of anilines is 1. The molecule has 0 spiro atoms. The number of piperazine rings is 1. The number of nitrogens with one attached hydrogen (secondary N) is 1. The van der Waals surface area contributed by atoms with E-state index in [2.05, 4.69) is 16.3 Å². The Morgan fingerprint density at radius 1 is 1.21 bits per heavy atom. The number of methoxy groups -OCH3 is 1. The highest BCUT2D eigenvalue weighted by atomic mass is 16.5. The smallest absolute Gasteiger partial charge is 0.317 e. The lowest BCUT2D eigenvalue weighted by molar-refractivity contribution is 0.183. The number of carbonyl (C=O) groups excluding carboxylic acids is 1. The Hall–Kier alpha value is -1.95. The predicted molar refractivity (Wildman–Crippen MR) is 95.9 cm³/mol. The average Bonchev–Trinajstić information content (AvgIpc) is 2.59. The zero-order valence-corrected chi connectivity index (χ0v) is 15.0. The number of para-hydroxylation sites is 2. The summed E-state index contributed by atoms with van der Waals surface area (Å²) in [5, 5.41) is 2.94. The Balaban J connectivity index is 1.85. The number of urea groups is 1. The maximum Gasteiger partial charge on any atom is 0.317 e. The number of nitrogens with zero attached hydrogens (tertiary/aromatic N) is 2. The van der Waals surface area contributed by atoms with Crippen molar-refractivity contribution < 1.29 is 14.3 Å². The molecular weight excluding hydrogens is 306 g/mol. The zero-order valence-electron chi connectivity index (χ0n) is 15.0. The number of carbonyl (C=O) groups is 1. The summed E-state index contributed by atoms with van der Waals surface area (Å²) >= 11 is 0. The fraction of sp³-hybridized carbons (Fsp3) is 0.611. The van der Waals surface area contributed by atoms with Crippen LogP contribution in [0.4, 0.5) is 10.5 Å². The number of ether oxygens (including phenoxy) is 2. The van der Waals surface area contributed by atoms with Gasteiger partial charge in [0.25, 0.3) is 0 Å². The molecule has 0 aromatic heterocycles. The van der Waals surface area contributed by atoms with Crippen LogP contribution in [0.15, 0.2) is 24.3 Å². The van der Waals surface area contributed by atoms with E-state index in [0.29, 0.717) is 26.2 Å². The van der Waals surface area contributed by atoms with Gasteiger partial charge in [-0.3, -0.25) is 0 Å². The Kier molecular flexibility index (Phi) is 7.18. The van der Waals surface area contributed by atoms with E-state index in [4.69, 9.17) is 9.47 Å². The van der Waals surface area contributed by atoms with Gasteiger partial charge in [0, 0.05) is 46.4 Å². The van der Waals surface area contributed by atoms with Crippen LogP contribution in [0.1, 0.15) is 20.3 Å². The summed E-state index contributed by atoms with van der Waals surface area (Å²) in [6, 6.07) is 8.11. The van der Waals surface area contributed by atoms with Gasteiger partial charge in [-0.15, -0.1) is 0 Å². The minimum atomic E-state index is 0.0115. The second kappa shape index (κ2) is 9.37. The zero-order chi connectivity index (χ0) is 17.4. The first kappa shape index (κ1) is 18.4. The third-order valence-corrected chi connectivity index (χ3v) is 3.94. The van der Waals surface area contributed by atoms with Crippen LogP contribution >= 0.6 is 0 Å². The Morgan fingerprint density at radius 3 is 2.58 bits per heavy atom. The summed E-state index contributed by atoms with van der Waals surface area (Å²) in [4.78, 5) is 16.3. The molecule has 0 saturated carbocycles. The second-order valence-corrected chi connectivity index (χ2v) is 6.19. The SMILES string of the molecule is COCCCNC(=O)N1CCN(c2ccccc2OC(C)C)CC1. The van der Waals surface area contributed by atoms with Crippen molar-refractivity contribution in [1.82, 2.24) is 10.2 Å². The minimum absolute atomic E-state index is 0.0115. The molecule has 24 heavy (non-hydrogen) atoms. The van der Waals surface area contributed by atoms with Crippen molar-refractivity contribution in [2.45, 2.75) is 26.4 Å². The molecule has 1 saturated heterocycles. The van der Waals surface area contributed by atoms with Crippen LogP contribution in [-0.2, 0) is 4.74 Å². The van der Waals surface area contributed by atoms with Gasteiger partial charge in [-0.2, -0.15) is 0 Å². The molecule has 1 heterocycles. The molecule has 0 bridgehead atoms. The van der Waals surface area contributed by atoms with E-state index >= 15 is 0 Å². The monoisotopic (exact) mass is 335 g/mol. The second-order valence-electron chi connectivity index (χ2n) is 6.19. The molecule has 1 aliphatic heterocycles. The van der Waals surface area contributed by atoms with Gasteiger partial charge in [0.15, 0.2) is 0 Å². The van der Waals surface area contributed by atoms with Crippen LogP contribution in [0.2, 0.25) is 0 Å². The first-order valence-corrected chi connectivity index (χ1v) is 8.64. The fourth-order valence-electron chi connectivity index (χ4n) is 2.75. The Morgan fingerprint density at radius 2 is 1.92 bits per heavy atom. The molecule has 0 atom stereocenters. The van der Waals surface area contributed by atoms with Crippen LogP contribution in [-0.4, -0.2) is 63.5 Å². The molecule has 1 aromatic carbocycles. The Bertz CT molecular complexity index is 514. The van der Waals surface area contributed by atoms with Gasteiger partial charge >= 0.3 is 6.03 Å². The van der Waals surface area contributed by atoms with Crippen molar-refractivity contribution in [3.05, 3.63) is 24.3 Å². The lowest BCUT2D eigenvalue weighted by Gasteiger charge is -2.36. The maximum atomic E-state index is 12.1. The number of rotatable bonds is 7. The molecule has 2 amide bonds. The summed E-state index contributed by atoms with van der Waals surface area (Å²) < 4.78 is 10.9. The van der Waals surface area contributed by atoms with Crippen molar-refractivity contribution in [1.29, 1.82) is 0 Å². The van der Waals surface area contributed by atoms with E-state index in [0.717, 1.165) is 30.9 Å². The highest BCUT2D eigenvalue weighted by Gasteiger charge is 2.22. The number of hydrogen-bond acceptors (Lipinski definition) is 4. The fourth-order valence-corrected chi connectivity index (χ4v) is 2.75. The minimum Gasteiger partial charge on any atom is -0.489 e. The molecule has 134 valence electrons. The van der Waals surface area contributed by atoms with Crippen molar-refractivity contribution >= 4 is 11.7 Å². The van der Waals surface area contributed by atoms with Crippen molar-refractivity contribution in [3.8, 4) is 5.75 Å². The van der Waals surface area contributed by atoms with E-state index in [1.807, 2.05) is 36.9 Å². The average molecular weight is 335 g/mol. The summed E-state index contributed by atoms with van der Waals surface area (Å²) in [6.45, 7) is 8.43. The lowest BCUT2D eigenvalue weighted by Crippen LogP contribution is -2.52. The summed E-state index contributed by atoms with van der Waals surface area (Å²) in [5.74, 6) is 0.907. The standard InChI is InChI=1S/C18H29N3O3/c1-15(2)24-17-8-5-4-7-16(17)20-10-12-21(13-11-20)18(22)19-9-6-14-23-3/h4-5,7-8,15H,6,9-14H2,1-3H3,(H,19,22). The first-order chi connectivity index (χ1) is 11.6. The summed E-state index contributed by atoms with van der Waals surface area (Å²) in [6.07, 6.45) is 0.979. The number of amides is 2. The van der Waals surface area contributed by atoms with Gasteiger partial charge in [-0.25, -0.2) is 4.79 Å². The van der Waals surface area contributed by atoms with Crippen molar-refractivity contribution in [2.75, 3.05) is 51.3 Å². The number of hydrogen-bond donors (Lipinski definition) is 1. The normalized spacial score (nSPS) is 14.8. The third kappa shape index (κ3) is 5.30. The van der Waals surface area contributed by atoms with Gasteiger partial charge in [0.05, 0.1) is 11.8 Å². The molecule has 1 N–H and O–H groups in total. The molecule has 6 heteroatoms. The molecule has 1 aromatic rings. The van der Waals surface area contributed by atoms with Crippen molar-refractivity contribution in [2.24, 2.45) is 0 Å². The molecular formula is C18H29N3O3. The number of benzene rings is 1. The van der Waals surface area contributed by atoms with E-state index in [1.54, 1.807) is 7.11 Å². The van der Waals surface area contributed by atoms with E-state index in [-0.39, 0.29) is 12.1 Å². The molecule has 0 aliphatic carbocycles. The highest BCUT2D eigenvalue weighted by Crippen LogP contribution is 2.29. The first-order valence-electron chi connectivity index (χ1n) is 8.64. The van der Waals surface area contributed by atoms with Crippen LogP contribution < -0.4 is 15.0 Å². The largest absolute Gasteiger partial charge is 0.489 e. The van der Waals surface area contributed by atoms with Crippen LogP contribution in [0, 0.1) is 0 Å². The maximum absolute atomic E-state index is 12.1. The quantitative estimate of drug-likeness (QED) is 0.777. The van der Waals surface area contributed by atoms with Crippen molar-refractivity contribution in [3.63, 3.8) is 0 Å². The molecule has 6 nitrogen and oxygen atoms in total. The highest BCUT2D eigenvalue weighted by molar-refractivity contribution is 5.74. The van der Waals surface area contributed by atoms with Gasteiger partial charge in [0.1, 0.15) is 5.75 Å². The van der Waals surface area contributed by atoms with E-state index in [9.17, 15) is 4.79 Å². The van der Waals surface area contributed by atoms with Gasteiger partial charge in [-0.05, 0) is 32.4 Å². The van der Waals surface area contributed by atoms with Crippen LogP contribution in [0.3, 0.4) is 0 Å². The molecule has 0 radical (unpaired) electrons. The molecule has 0 unspecified atom stereocenters. The molecule has 1 aliphatic rings. The predicted octanol–water partition coefficient (Wildman–Crippen LogP) is 2.34. The van der Waals surface area contributed by atoms with Crippen LogP contribution in [0.5, 0.6) is 5.75 Å². The lowest BCUT2D eigenvalue weighted by atomic mass is 10.2. The third-order valence-electron chi connectivity index (χ3n) is 3.94. The molecule has 1 fully saturated rings.